The van der Waals surface area contributed by atoms with E-state index < -0.39 is 17.7 Å². The first-order chi connectivity index (χ1) is 17.8. The van der Waals surface area contributed by atoms with Crippen LogP contribution in [0, 0.1) is 19.8 Å². The maximum Gasteiger partial charge on any atom is 0.236 e. The SMILES string of the molecule is CCOc1cccc2c1O[C@]1(C)[C@H](C(=O)Nc3ccc(C)cc3C)[C@@H]2NC(=S)N1c1ccc(CC)cc1. The van der Waals surface area contributed by atoms with E-state index in [9.17, 15) is 4.79 Å². The summed E-state index contributed by atoms with van der Waals surface area (Å²) in [5, 5.41) is 7.17. The Bertz CT molecular complexity index is 1360. The van der Waals surface area contributed by atoms with Crippen LogP contribution >= 0.6 is 12.2 Å². The fourth-order valence-electron chi connectivity index (χ4n) is 5.47. The molecule has 3 atom stereocenters. The highest BCUT2D eigenvalue weighted by Gasteiger charge is 2.59. The molecule has 2 heterocycles. The Kier molecular flexibility index (Phi) is 6.58. The van der Waals surface area contributed by atoms with Gasteiger partial charge >= 0.3 is 0 Å². The Hall–Kier alpha value is -3.58. The number of thiocarbonyl (C=S) groups is 1. The van der Waals surface area contributed by atoms with Gasteiger partial charge < -0.3 is 20.1 Å². The molecule has 2 N–H and O–H groups in total. The summed E-state index contributed by atoms with van der Waals surface area (Å²) in [5.41, 5.74) is 4.77. The molecular weight excluding hydrogens is 482 g/mol. The molecule has 3 aromatic carbocycles. The normalized spacial score (nSPS) is 22.0. The zero-order valence-corrected chi connectivity index (χ0v) is 22.7. The van der Waals surface area contributed by atoms with Crippen molar-refractivity contribution in [1.82, 2.24) is 5.32 Å². The quantitative estimate of drug-likeness (QED) is 0.389. The van der Waals surface area contributed by atoms with Crippen LogP contribution in [0.2, 0.25) is 0 Å². The number of benzene rings is 3. The van der Waals surface area contributed by atoms with Crippen molar-refractivity contribution in [1.29, 1.82) is 0 Å². The van der Waals surface area contributed by atoms with E-state index in [-0.39, 0.29) is 5.91 Å². The second-order valence-corrected chi connectivity index (χ2v) is 10.2. The van der Waals surface area contributed by atoms with Crippen LogP contribution in [0.25, 0.3) is 0 Å². The first kappa shape index (κ1) is 25.1. The number of aryl methyl sites for hydroxylation is 3. The second-order valence-electron chi connectivity index (χ2n) is 9.83. The van der Waals surface area contributed by atoms with Gasteiger partial charge in [0.2, 0.25) is 5.91 Å². The summed E-state index contributed by atoms with van der Waals surface area (Å²) >= 11 is 5.89. The first-order valence-corrected chi connectivity index (χ1v) is 13.2. The molecule has 0 radical (unpaired) electrons. The number of rotatable bonds is 6. The van der Waals surface area contributed by atoms with Crippen LogP contribution in [-0.2, 0) is 11.2 Å². The Morgan fingerprint density at radius 1 is 1.14 bits per heavy atom. The average molecular weight is 516 g/mol. The Balaban J connectivity index is 1.63. The first-order valence-electron chi connectivity index (χ1n) is 12.8. The molecule has 2 bridgehead atoms. The molecule has 2 aliphatic rings. The van der Waals surface area contributed by atoms with Crippen molar-refractivity contribution >= 4 is 34.6 Å². The molecule has 1 fully saturated rings. The number of anilines is 2. The predicted octanol–water partition coefficient (Wildman–Crippen LogP) is 6.06. The number of hydrogen-bond acceptors (Lipinski definition) is 4. The maximum absolute atomic E-state index is 14.1. The number of nitrogens with one attached hydrogen (secondary N) is 2. The molecule has 0 unspecified atom stereocenters. The van der Waals surface area contributed by atoms with E-state index in [1.165, 1.54) is 5.56 Å². The molecule has 192 valence electrons. The van der Waals surface area contributed by atoms with Crippen LogP contribution in [-0.4, -0.2) is 23.4 Å². The van der Waals surface area contributed by atoms with Crippen molar-refractivity contribution in [3.8, 4) is 11.5 Å². The number of amides is 1. The molecule has 0 spiro atoms. The van der Waals surface area contributed by atoms with Gasteiger partial charge in [-0.1, -0.05) is 48.9 Å². The Morgan fingerprint density at radius 2 is 1.89 bits per heavy atom. The lowest BCUT2D eigenvalue weighted by Gasteiger charge is -2.56. The van der Waals surface area contributed by atoms with Crippen LogP contribution in [0.1, 0.15) is 49.1 Å². The molecule has 5 rings (SSSR count). The van der Waals surface area contributed by atoms with E-state index in [4.69, 9.17) is 21.7 Å². The third-order valence-electron chi connectivity index (χ3n) is 7.31. The van der Waals surface area contributed by atoms with Crippen molar-refractivity contribution in [2.45, 2.75) is 52.8 Å². The minimum Gasteiger partial charge on any atom is -0.490 e. The largest absolute Gasteiger partial charge is 0.490 e. The fraction of sp³-hybridized carbons (Fsp3) is 0.333. The van der Waals surface area contributed by atoms with E-state index in [0.717, 1.165) is 34.5 Å². The minimum absolute atomic E-state index is 0.142. The highest BCUT2D eigenvalue weighted by Crippen LogP contribution is 2.52. The maximum atomic E-state index is 14.1. The molecule has 1 amide bonds. The summed E-state index contributed by atoms with van der Waals surface area (Å²) in [6.07, 6.45) is 0.935. The summed E-state index contributed by atoms with van der Waals surface area (Å²) < 4.78 is 12.7. The highest BCUT2D eigenvalue weighted by molar-refractivity contribution is 7.80. The van der Waals surface area contributed by atoms with Gasteiger partial charge in [0.25, 0.3) is 0 Å². The van der Waals surface area contributed by atoms with Crippen molar-refractivity contribution in [3.05, 3.63) is 82.9 Å². The number of hydrogen-bond donors (Lipinski definition) is 2. The number of ether oxygens (including phenoxy) is 2. The smallest absolute Gasteiger partial charge is 0.236 e. The van der Waals surface area contributed by atoms with Crippen LogP contribution in [0.3, 0.4) is 0 Å². The van der Waals surface area contributed by atoms with Gasteiger partial charge in [-0.25, -0.2) is 0 Å². The van der Waals surface area contributed by atoms with E-state index >= 15 is 0 Å². The zero-order valence-electron chi connectivity index (χ0n) is 21.9. The van der Waals surface area contributed by atoms with Gasteiger partial charge in [-0.05, 0) is 81.7 Å². The lowest BCUT2D eigenvalue weighted by molar-refractivity contribution is -0.130. The number of fused-ring (bicyclic) bond motifs is 4. The van der Waals surface area contributed by atoms with E-state index in [1.807, 2.05) is 75.1 Å². The number of para-hydroxylation sites is 1. The molecule has 7 heteroatoms. The van der Waals surface area contributed by atoms with Crippen LogP contribution in [0.4, 0.5) is 11.4 Å². The lowest BCUT2D eigenvalue weighted by Crippen LogP contribution is -2.72. The van der Waals surface area contributed by atoms with Crippen molar-refractivity contribution in [2.24, 2.45) is 5.92 Å². The topological polar surface area (TPSA) is 62.8 Å². The van der Waals surface area contributed by atoms with E-state index in [1.54, 1.807) is 0 Å². The van der Waals surface area contributed by atoms with Crippen molar-refractivity contribution in [3.63, 3.8) is 0 Å². The fourth-order valence-corrected chi connectivity index (χ4v) is 5.89. The summed E-state index contributed by atoms with van der Waals surface area (Å²) in [4.78, 5) is 16.0. The van der Waals surface area contributed by atoms with Gasteiger partial charge in [0.1, 0.15) is 5.92 Å². The molecule has 2 aliphatic heterocycles. The van der Waals surface area contributed by atoms with Crippen molar-refractivity contribution in [2.75, 3.05) is 16.8 Å². The minimum atomic E-state index is -1.11. The van der Waals surface area contributed by atoms with Gasteiger partial charge in [0, 0.05) is 16.9 Å². The average Bonchev–Trinajstić information content (AvgIpc) is 2.86. The summed E-state index contributed by atoms with van der Waals surface area (Å²) in [6, 6.07) is 19.7. The van der Waals surface area contributed by atoms with Crippen LogP contribution < -0.4 is 25.0 Å². The molecule has 0 aliphatic carbocycles. The van der Waals surface area contributed by atoms with Crippen molar-refractivity contribution < 1.29 is 14.3 Å². The number of carbonyl (C=O) groups is 1. The number of carbonyl (C=O) groups excluding carboxylic acids is 1. The molecule has 3 aromatic rings. The van der Waals surface area contributed by atoms with Crippen LogP contribution in [0.5, 0.6) is 11.5 Å². The lowest BCUT2D eigenvalue weighted by atomic mass is 9.78. The zero-order chi connectivity index (χ0) is 26.3. The Labute approximate surface area is 224 Å². The monoisotopic (exact) mass is 515 g/mol. The van der Waals surface area contributed by atoms with E-state index in [0.29, 0.717) is 23.2 Å². The molecule has 0 saturated carbocycles. The van der Waals surface area contributed by atoms with Gasteiger partial charge in [-0.2, -0.15) is 0 Å². The molecular formula is C30H33N3O3S. The third kappa shape index (κ3) is 4.31. The predicted molar refractivity (Wildman–Crippen MR) is 151 cm³/mol. The standard InChI is InChI=1S/C30H33N3O3S/c1-6-20-12-14-21(15-13-20)33-29(37)32-26-22-9-8-10-24(35-7-2)27(22)36-30(33,5)25(26)28(34)31-23-16-11-18(3)17-19(23)4/h8-17,25-26H,6-7H2,1-5H3,(H,31,34)(H,32,37)/t25-,26+,30+/m0/s1. The number of nitrogens with zero attached hydrogens (tertiary/aromatic N) is 1. The summed E-state index contributed by atoms with van der Waals surface area (Å²) in [5.74, 6) is 0.533. The Morgan fingerprint density at radius 3 is 2.57 bits per heavy atom. The third-order valence-corrected chi connectivity index (χ3v) is 7.61. The molecule has 1 saturated heterocycles. The molecule has 6 nitrogen and oxygen atoms in total. The van der Waals surface area contributed by atoms with Gasteiger partial charge in [-0.15, -0.1) is 0 Å². The van der Waals surface area contributed by atoms with Crippen LogP contribution in [0.15, 0.2) is 60.7 Å². The van der Waals surface area contributed by atoms with E-state index in [2.05, 4.69) is 35.8 Å². The molecule has 0 aromatic heterocycles. The van der Waals surface area contributed by atoms with Gasteiger partial charge in [0.15, 0.2) is 22.3 Å². The van der Waals surface area contributed by atoms with Gasteiger partial charge in [0.05, 0.1) is 12.6 Å². The highest BCUT2D eigenvalue weighted by atomic mass is 32.1. The summed E-state index contributed by atoms with van der Waals surface area (Å²) in [6.45, 7) is 10.6. The van der Waals surface area contributed by atoms with Gasteiger partial charge in [-0.3, -0.25) is 9.69 Å². The second kappa shape index (κ2) is 9.71. The summed E-state index contributed by atoms with van der Waals surface area (Å²) in [7, 11) is 0. The molecule has 37 heavy (non-hydrogen) atoms.